The Hall–Kier alpha value is -12.6. The molecule has 135 heavy (non-hydrogen) atoms. The van der Waals surface area contributed by atoms with E-state index in [1.165, 1.54) is 81.2 Å². The Morgan fingerprint density at radius 2 is 0.822 bits per heavy atom. The zero-order valence-corrected chi connectivity index (χ0v) is 71.2. The van der Waals surface area contributed by atoms with Crippen LogP contribution in [0.4, 0.5) is 43.7 Å². The molecule has 0 amide bonds. The van der Waals surface area contributed by atoms with Gasteiger partial charge < -0.3 is 155 Å². The number of azide groups is 2. The molecule has 7 aliphatic rings. The van der Waals surface area contributed by atoms with Crippen LogP contribution in [-0.4, -0.2) is 367 Å². The normalized spacial score (nSPS) is 30.0. The number of fused-ring (bicyclic) bond motifs is 5. The van der Waals surface area contributed by atoms with Gasteiger partial charge in [0.25, 0.3) is 5.56 Å². The van der Waals surface area contributed by atoms with Crippen molar-refractivity contribution in [1.82, 2.24) is 117 Å². The number of nitrogens with zero attached hydrogens (tertiary/aromatic N) is 29. The molecular formula is C68H85BrClF2N37O26. The van der Waals surface area contributed by atoms with Crippen LogP contribution in [0, 0.1) is 5.82 Å². The van der Waals surface area contributed by atoms with Crippen molar-refractivity contribution in [2.24, 2.45) is 16.0 Å². The molecule has 0 saturated carbocycles. The summed E-state index contributed by atoms with van der Waals surface area (Å²) in [6, 6.07) is -1.27. The number of aromatic nitrogens is 24. The van der Waals surface area contributed by atoms with E-state index in [2.05, 4.69) is 116 Å². The van der Waals surface area contributed by atoms with E-state index in [9.17, 15) is 74.2 Å². The van der Waals surface area contributed by atoms with Gasteiger partial charge in [-0.1, -0.05) is 10.2 Å². The van der Waals surface area contributed by atoms with Crippen LogP contribution in [0.3, 0.4) is 0 Å². The molecule has 7 aliphatic heterocycles. The predicted molar refractivity (Wildman–Crippen MR) is 450 cm³/mol. The maximum Gasteiger partial charge on any atom is 0.351 e. The average Bonchev–Trinajstić information content (AvgIpc) is 1.62. The molecule has 7 fully saturated rings. The highest BCUT2D eigenvalue weighted by Gasteiger charge is 2.50. The number of hydrogen-bond donors (Lipinski definition) is 24. The molecule has 63 nitrogen and oxygen atoms in total. The standard InChI is InChI=1S/C10H12BrN5O4.C10H12ClN5O4.C10H12FN5O3.C10H12N8O3.C10H14N6O3.C9H11FN2O5.C9H12N6O4/c2*11-10-14-7(12)4-8(15-10)16(2-13-4)9-6(19)5(18)3(1-17)20-9;11-5-4(1-17)19-10(7(5)18)16-3-15-6-8(12)13-2-14-9(6)16;11-8-6-9(14-2-13-8)18(3-15-6)10-5(16-17-12)7(20)4(1-19)21-10;11-5-7(18)4(1-17)19-10(5)16-3-15-6-8(12)13-2-14-9(6)16;10-4-2-12(9(16)11-8(4)15)7-1-5(14)6(3-13)17-7;10-5-1-2-15(9(18)12-5)8-6(13-14-11)7(17)4(3-16)19-8/h2*2-3,5-6,9,17-19H,1H2,(H2,12,14,15);2-5,7,10,17-18H,1H2,(H2,12,13,14);2-5,7,10,19-20H,1H2,(H2,11,13,14);2-5,7,10,17-18H,1,11H2,(H2,12,13,14);2,5-7,13-14H,1,3H2,(H,11,15,16);1-2,4,6-8,16-17H,3H2,(H2,10,12,18)/t2*3-,5-,6-,9-;3*4-,5-,7-,10-;5-,6+,7+;4-,6-,7-,8-/m1111101/s1. The van der Waals surface area contributed by atoms with Gasteiger partial charge in [-0.05, 0) is 44.7 Å². The van der Waals surface area contributed by atoms with Crippen molar-refractivity contribution >= 4 is 118 Å². The van der Waals surface area contributed by atoms with Gasteiger partial charge in [0, 0.05) is 22.4 Å². The number of rotatable bonds is 16. The van der Waals surface area contributed by atoms with Crippen molar-refractivity contribution in [3.05, 3.63) is 137 Å². The number of ether oxygens (including phenoxy) is 7. The second-order valence-corrected chi connectivity index (χ2v) is 30.8. The highest BCUT2D eigenvalue weighted by Crippen LogP contribution is 2.40. The lowest BCUT2D eigenvalue weighted by Crippen LogP contribution is -2.39. The van der Waals surface area contributed by atoms with E-state index in [-0.39, 0.29) is 63.6 Å². The van der Waals surface area contributed by atoms with Crippen molar-refractivity contribution < 1.29 is 124 Å². The van der Waals surface area contributed by atoms with Crippen LogP contribution in [0.5, 0.6) is 0 Å². The smallest absolute Gasteiger partial charge is 0.351 e. The van der Waals surface area contributed by atoms with Crippen molar-refractivity contribution in [3.63, 3.8) is 0 Å². The molecule has 0 aromatic carbocycles. The number of alkyl halides is 1. The summed E-state index contributed by atoms with van der Waals surface area (Å²) in [7, 11) is 0. The third-order valence-electron chi connectivity index (χ3n) is 21.6. The van der Waals surface area contributed by atoms with E-state index in [1.807, 2.05) is 0 Å². The van der Waals surface area contributed by atoms with Gasteiger partial charge in [0.15, 0.2) is 88.4 Å². The number of nitrogens with one attached hydrogen (secondary N) is 1. The monoisotopic (exact) mass is 1990 g/mol. The fourth-order valence-corrected chi connectivity index (χ4v) is 15.3. The second-order valence-electron chi connectivity index (χ2n) is 29.8. The lowest BCUT2D eigenvalue weighted by atomic mass is 10.1. The minimum atomic E-state index is -1.67. The maximum absolute atomic E-state index is 13.7. The molecule has 19 heterocycles. The number of anilines is 6. The second kappa shape index (κ2) is 43.0. The molecule has 0 spiro atoms. The maximum atomic E-state index is 13.7. The van der Waals surface area contributed by atoms with Crippen molar-refractivity contribution in [1.29, 1.82) is 0 Å². The van der Waals surface area contributed by atoms with Gasteiger partial charge in [-0.2, -0.15) is 19.3 Å². The zero-order valence-electron chi connectivity index (χ0n) is 68.9. The lowest BCUT2D eigenvalue weighted by Gasteiger charge is -2.17. The summed E-state index contributed by atoms with van der Waals surface area (Å²) >= 11 is 8.87. The minimum absolute atomic E-state index is 0.0383. The van der Waals surface area contributed by atoms with Gasteiger partial charge in [0.2, 0.25) is 15.8 Å². The van der Waals surface area contributed by atoms with Gasteiger partial charge in [0.05, 0.1) is 108 Å². The number of aliphatic hydroxyl groups excluding tert-OH is 16. The third-order valence-corrected chi connectivity index (χ3v) is 22.1. The lowest BCUT2D eigenvalue weighted by molar-refractivity contribution is -0.0511. The molecule has 0 radical (unpaired) electrons. The molecule has 27 atom stereocenters. The number of nitrogen functional groups attached to an aromatic ring is 6. The molecule has 0 unspecified atom stereocenters. The number of aliphatic hydroxyl groups is 16. The molecular weight excluding hydrogens is 1900 g/mol. The van der Waals surface area contributed by atoms with Gasteiger partial charge in [-0.15, -0.1) is 0 Å². The Kier molecular flexibility index (Phi) is 31.8. The average molecular weight is 1990 g/mol. The van der Waals surface area contributed by atoms with Crippen molar-refractivity contribution in [3.8, 4) is 0 Å². The molecule has 7 saturated heterocycles. The Balaban J connectivity index is 0.000000133. The number of halogens is 4. The highest BCUT2D eigenvalue weighted by molar-refractivity contribution is 9.10. The number of imidazole rings is 5. The summed E-state index contributed by atoms with van der Waals surface area (Å²) in [6.07, 6.45) is -11.8. The Labute approximate surface area is 761 Å². The summed E-state index contributed by atoms with van der Waals surface area (Å²) in [5, 5.41) is 159. The Bertz CT molecular complexity index is 6220. The van der Waals surface area contributed by atoms with Crippen LogP contribution >= 0.6 is 27.5 Å². The number of aromatic amines is 1. The van der Waals surface area contributed by atoms with Crippen molar-refractivity contribution in [2.45, 2.75) is 172 Å². The topological polar surface area (TPSA) is 976 Å². The molecule has 726 valence electrons. The summed E-state index contributed by atoms with van der Waals surface area (Å²) in [4.78, 5) is 104. The van der Waals surface area contributed by atoms with Crippen molar-refractivity contribution in [2.75, 3.05) is 80.7 Å². The molecule has 19 rings (SSSR count). The van der Waals surface area contributed by atoms with Crippen LogP contribution in [0.15, 0.2) is 98.4 Å². The van der Waals surface area contributed by atoms with E-state index >= 15 is 0 Å². The minimum Gasteiger partial charge on any atom is -0.394 e. The van der Waals surface area contributed by atoms with E-state index < -0.39 is 228 Å². The zero-order chi connectivity index (χ0) is 97.6. The molecule has 31 N–H and O–H groups in total. The summed E-state index contributed by atoms with van der Waals surface area (Å²) in [6.45, 7) is -2.92. The number of hydrogen-bond acceptors (Lipinski definition) is 51. The summed E-state index contributed by atoms with van der Waals surface area (Å²) in [5.41, 5.74) is 57.9. The molecule has 12 aromatic heterocycles. The van der Waals surface area contributed by atoms with E-state index in [0.717, 1.165) is 15.3 Å². The fourth-order valence-electron chi connectivity index (χ4n) is 14.8. The first-order valence-electron chi connectivity index (χ1n) is 39.5. The number of H-pyrrole nitrogens is 1. The van der Waals surface area contributed by atoms with Gasteiger partial charge >= 0.3 is 11.4 Å². The van der Waals surface area contributed by atoms with Gasteiger partial charge in [-0.3, -0.25) is 41.7 Å². The van der Waals surface area contributed by atoms with Gasteiger partial charge in [0.1, 0.15) is 163 Å². The summed E-state index contributed by atoms with van der Waals surface area (Å²) < 4.78 is 73.8. The Morgan fingerprint density at radius 3 is 1.24 bits per heavy atom. The molecule has 67 heteroatoms. The van der Waals surface area contributed by atoms with Crippen LogP contribution in [-0.2, 0) is 33.2 Å². The van der Waals surface area contributed by atoms with Crippen LogP contribution in [0.25, 0.3) is 76.7 Å². The first-order valence-corrected chi connectivity index (χ1v) is 40.7. The molecule has 12 aromatic rings. The SMILES string of the molecule is Nc1nc(Br)nc2c1ncn2[C@@H]1O[C@H](CO)[C@@H](O)[C@H]1O.Nc1nc(Cl)nc2c1ncn2[C@@H]1O[C@H](CO)[C@@H](O)[C@H]1O.Nc1ncnc2c1ncn2[C@@H]1O[C@H](CO)[C@@H](F)[C@H]1O.Nc1ncnc2c1ncn2[C@@H]1O[C@H](CO)[C@@H](O)[C@H]1N.O=c1[nH]c(=O)n([C@H]2C[C@H](O)[C@@H](CO)O2)cc1F.[N-]=[N+]=N[C@@H]1[C@H](O)[C@@H](CO)O[C@H]1n1ccc(N)nc1=O.[N-]=[N+]=N[C@@H]1[C@H](O)[C@@H](CO)O[C@H]1n1cnc2c(N)ncnc21. The first-order chi connectivity index (χ1) is 64.6. The van der Waals surface area contributed by atoms with E-state index in [1.54, 1.807) is 9.55 Å². The molecule has 0 bridgehead atoms. The third kappa shape index (κ3) is 20.4. The Morgan fingerprint density at radius 1 is 0.444 bits per heavy atom. The number of nitrogens with two attached hydrogens (primary N) is 7. The predicted octanol–water partition coefficient (Wildman–Crippen LogP) is -9.15. The molecule has 0 aliphatic carbocycles. The quantitative estimate of drug-likeness (QED) is 0.0185. The van der Waals surface area contributed by atoms with Crippen LogP contribution in [0.2, 0.25) is 5.28 Å². The van der Waals surface area contributed by atoms with Gasteiger partial charge in [-0.25, -0.2) is 78.8 Å². The van der Waals surface area contributed by atoms with E-state index in [4.69, 9.17) is 127 Å². The highest BCUT2D eigenvalue weighted by atomic mass is 79.9. The fraction of sp³-hybridized carbons (Fsp3) is 0.515. The van der Waals surface area contributed by atoms with Crippen LogP contribution in [0.1, 0.15) is 50.0 Å². The first kappa shape index (κ1) is 99.9. The largest absolute Gasteiger partial charge is 0.394 e. The summed E-state index contributed by atoms with van der Waals surface area (Å²) in [5.74, 6) is -0.135. The van der Waals surface area contributed by atoms with Crippen LogP contribution < -0.4 is 57.1 Å². The van der Waals surface area contributed by atoms with E-state index in [0.29, 0.717) is 50.2 Å².